The first-order valence-corrected chi connectivity index (χ1v) is 9.17. The summed E-state index contributed by atoms with van der Waals surface area (Å²) in [5, 5.41) is 14.7. The molecule has 1 aromatic carbocycles. The van der Waals surface area contributed by atoms with Crippen molar-refractivity contribution in [2.45, 2.75) is 51.6 Å². The molecule has 8 nitrogen and oxygen atoms in total. The highest BCUT2D eigenvalue weighted by atomic mass is 16.7. The predicted molar refractivity (Wildman–Crippen MR) is 95.3 cm³/mol. The summed E-state index contributed by atoms with van der Waals surface area (Å²) in [7, 11) is 0. The van der Waals surface area contributed by atoms with E-state index in [2.05, 4.69) is 5.32 Å². The van der Waals surface area contributed by atoms with Crippen LogP contribution in [-0.2, 0) is 4.79 Å². The Balaban J connectivity index is 2.00. The van der Waals surface area contributed by atoms with Crippen molar-refractivity contribution in [3.8, 4) is 11.5 Å². The number of nitro groups is 1. The second-order valence-electron chi connectivity index (χ2n) is 6.64. The fourth-order valence-electron chi connectivity index (χ4n) is 3.77. The highest BCUT2D eigenvalue weighted by Gasteiger charge is 2.35. The Morgan fingerprint density at radius 2 is 1.88 bits per heavy atom. The van der Waals surface area contributed by atoms with Gasteiger partial charge >= 0.3 is 0 Å². The molecule has 1 aliphatic carbocycles. The van der Waals surface area contributed by atoms with E-state index in [1.807, 2.05) is 18.7 Å². The molecule has 0 radical (unpaired) electrons. The Morgan fingerprint density at radius 3 is 2.46 bits per heavy atom. The van der Waals surface area contributed by atoms with Crippen LogP contribution in [0.25, 0.3) is 0 Å². The molecule has 1 amide bonds. The van der Waals surface area contributed by atoms with Crippen LogP contribution in [0.1, 0.15) is 51.1 Å². The van der Waals surface area contributed by atoms with Gasteiger partial charge in [0.05, 0.1) is 16.6 Å². The van der Waals surface area contributed by atoms with Crippen molar-refractivity contribution in [2.75, 3.05) is 19.9 Å². The number of fused-ring (bicyclic) bond motifs is 1. The molecule has 1 unspecified atom stereocenters. The zero-order chi connectivity index (χ0) is 18.7. The van der Waals surface area contributed by atoms with Gasteiger partial charge in [0, 0.05) is 6.04 Å². The van der Waals surface area contributed by atoms with E-state index in [0.29, 0.717) is 30.2 Å². The summed E-state index contributed by atoms with van der Waals surface area (Å²) >= 11 is 0. The predicted octanol–water partition coefficient (Wildman–Crippen LogP) is 2.77. The number of benzene rings is 1. The minimum atomic E-state index is -0.736. The molecule has 1 heterocycles. The molecule has 1 aliphatic heterocycles. The minimum absolute atomic E-state index is 0.0279. The lowest BCUT2D eigenvalue weighted by Gasteiger charge is -2.30. The first-order valence-electron chi connectivity index (χ1n) is 9.17. The van der Waals surface area contributed by atoms with Gasteiger partial charge in [-0.05, 0) is 32.0 Å². The van der Waals surface area contributed by atoms with E-state index in [9.17, 15) is 14.9 Å². The van der Waals surface area contributed by atoms with Gasteiger partial charge in [0.15, 0.2) is 11.5 Å². The fraction of sp³-hybridized carbons (Fsp3) is 0.611. The number of nitrogens with one attached hydrogen (secondary N) is 1. The number of likely N-dealkylation sites (N-methyl/N-ethyl adjacent to an activating group) is 1. The van der Waals surface area contributed by atoms with Crippen molar-refractivity contribution in [1.82, 2.24) is 10.2 Å². The zero-order valence-corrected chi connectivity index (χ0v) is 15.2. The molecular formula is C18H25N3O5. The van der Waals surface area contributed by atoms with Gasteiger partial charge < -0.3 is 14.8 Å². The molecule has 3 rings (SSSR count). The average Bonchev–Trinajstić information content (AvgIpc) is 3.29. The van der Waals surface area contributed by atoms with Crippen LogP contribution in [0.4, 0.5) is 5.69 Å². The topological polar surface area (TPSA) is 93.9 Å². The Labute approximate surface area is 152 Å². The zero-order valence-electron chi connectivity index (χ0n) is 15.2. The molecule has 8 heteroatoms. The highest BCUT2D eigenvalue weighted by Crippen LogP contribution is 2.41. The lowest BCUT2D eigenvalue weighted by atomic mass is 10.0. The average molecular weight is 363 g/mol. The monoisotopic (exact) mass is 363 g/mol. The number of hydrogen-bond donors (Lipinski definition) is 1. The number of rotatable bonds is 7. The second-order valence-corrected chi connectivity index (χ2v) is 6.64. The Morgan fingerprint density at radius 1 is 1.27 bits per heavy atom. The summed E-state index contributed by atoms with van der Waals surface area (Å²) in [5.74, 6) is 0.592. The molecule has 2 aliphatic rings. The van der Waals surface area contributed by atoms with Gasteiger partial charge in [0.2, 0.25) is 12.7 Å². The second kappa shape index (κ2) is 7.90. The number of nitrogens with zero attached hydrogens (tertiary/aromatic N) is 2. The van der Waals surface area contributed by atoms with E-state index in [1.165, 1.54) is 6.07 Å². The number of amides is 1. The van der Waals surface area contributed by atoms with Crippen LogP contribution < -0.4 is 14.8 Å². The molecule has 1 atom stereocenters. The first kappa shape index (κ1) is 18.4. The molecule has 1 fully saturated rings. The molecule has 142 valence electrons. The molecule has 0 bridgehead atoms. The Bertz CT molecular complexity index is 684. The van der Waals surface area contributed by atoms with Crippen molar-refractivity contribution >= 4 is 11.6 Å². The SMILES string of the molecule is CCN(CC)C(C(=O)NC1CCCC1)c1cc2c(cc1[N+](=O)[O-])OCO2. The van der Waals surface area contributed by atoms with E-state index < -0.39 is 11.0 Å². The number of ether oxygens (including phenoxy) is 2. The molecule has 1 aromatic rings. The smallest absolute Gasteiger partial charge is 0.278 e. The molecular weight excluding hydrogens is 338 g/mol. The Hall–Kier alpha value is -2.35. The number of nitro benzene ring substituents is 1. The normalized spacial score (nSPS) is 17.5. The van der Waals surface area contributed by atoms with Crippen LogP contribution in [-0.4, -0.2) is 41.7 Å². The lowest BCUT2D eigenvalue weighted by Crippen LogP contribution is -2.44. The van der Waals surface area contributed by atoms with Gasteiger partial charge in [0.25, 0.3) is 5.69 Å². The summed E-state index contributed by atoms with van der Waals surface area (Å²) < 4.78 is 10.7. The largest absolute Gasteiger partial charge is 0.454 e. The van der Waals surface area contributed by atoms with Gasteiger partial charge in [-0.15, -0.1) is 0 Å². The van der Waals surface area contributed by atoms with E-state index in [-0.39, 0.29) is 24.4 Å². The molecule has 1 N–H and O–H groups in total. The summed E-state index contributed by atoms with van der Waals surface area (Å²) in [6.07, 6.45) is 4.12. The lowest BCUT2D eigenvalue weighted by molar-refractivity contribution is -0.385. The molecule has 0 aromatic heterocycles. The van der Waals surface area contributed by atoms with Gasteiger partial charge in [-0.1, -0.05) is 26.7 Å². The van der Waals surface area contributed by atoms with Crippen molar-refractivity contribution in [1.29, 1.82) is 0 Å². The van der Waals surface area contributed by atoms with E-state index in [0.717, 1.165) is 25.7 Å². The standard InChI is InChI=1S/C18H25N3O5/c1-3-20(4-2)17(18(22)19-12-7-5-6-8-12)13-9-15-16(26-11-25-15)10-14(13)21(23)24/h9-10,12,17H,3-8,11H2,1-2H3,(H,19,22). The third-order valence-corrected chi connectivity index (χ3v) is 5.14. The highest BCUT2D eigenvalue weighted by molar-refractivity contribution is 5.85. The summed E-state index contributed by atoms with van der Waals surface area (Å²) in [6, 6.07) is 2.35. The molecule has 0 spiro atoms. The van der Waals surface area contributed by atoms with Crippen molar-refractivity contribution < 1.29 is 19.2 Å². The van der Waals surface area contributed by atoms with Gasteiger partial charge in [0.1, 0.15) is 6.04 Å². The quantitative estimate of drug-likeness (QED) is 0.591. The van der Waals surface area contributed by atoms with Gasteiger partial charge in [-0.25, -0.2) is 0 Å². The maximum atomic E-state index is 13.1. The third kappa shape index (κ3) is 3.60. The van der Waals surface area contributed by atoms with Gasteiger partial charge in [-0.3, -0.25) is 19.8 Å². The van der Waals surface area contributed by atoms with Crippen LogP contribution in [0.5, 0.6) is 11.5 Å². The number of hydrogen-bond acceptors (Lipinski definition) is 6. The summed E-state index contributed by atoms with van der Waals surface area (Å²) in [5.41, 5.74) is 0.228. The van der Waals surface area contributed by atoms with E-state index in [4.69, 9.17) is 9.47 Å². The maximum absolute atomic E-state index is 13.1. The maximum Gasteiger partial charge on any atom is 0.278 e. The third-order valence-electron chi connectivity index (χ3n) is 5.14. The molecule has 0 saturated heterocycles. The minimum Gasteiger partial charge on any atom is -0.454 e. The van der Waals surface area contributed by atoms with E-state index in [1.54, 1.807) is 6.07 Å². The van der Waals surface area contributed by atoms with Crippen molar-refractivity contribution in [3.63, 3.8) is 0 Å². The van der Waals surface area contributed by atoms with Crippen molar-refractivity contribution in [3.05, 3.63) is 27.8 Å². The van der Waals surface area contributed by atoms with Crippen LogP contribution in [0.2, 0.25) is 0 Å². The van der Waals surface area contributed by atoms with Crippen LogP contribution in [0.3, 0.4) is 0 Å². The van der Waals surface area contributed by atoms with E-state index >= 15 is 0 Å². The van der Waals surface area contributed by atoms with Crippen LogP contribution >= 0.6 is 0 Å². The molecule has 1 saturated carbocycles. The summed E-state index contributed by atoms with van der Waals surface area (Å²) in [4.78, 5) is 26.2. The summed E-state index contributed by atoms with van der Waals surface area (Å²) in [6.45, 7) is 5.12. The first-order chi connectivity index (χ1) is 12.5. The number of carbonyl (C=O) groups is 1. The van der Waals surface area contributed by atoms with Crippen LogP contribution in [0.15, 0.2) is 12.1 Å². The van der Waals surface area contributed by atoms with Crippen LogP contribution in [0, 0.1) is 10.1 Å². The fourth-order valence-corrected chi connectivity index (χ4v) is 3.77. The molecule has 26 heavy (non-hydrogen) atoms. The van der Waals surface area contributed by atoms with Gasteiger partial charge in [-0.2, -0.15) is 0 Å². The van der Waals surface area contributed by atoms with Crippen molar-refractivity contribution in [2.24, 2.45) is 0 Å². The number of carbonyl (C=O) groups excluding carboxylic acids is 1. The Kier molecular flexibility index (Phi) is 5.61.